The molecule has 0 N–H and O–H groups in total. The fourth-order valence-corrected chi connectivity index (χ4v) is 3.17. The molecular weight excluding hydrogens is 351 g/mol. The van der Waals surface area contributed by atoms with E-state index >= 15 is 0 Å². The first kappa shape index (κ1) is 17.1. The van der Waals surface area contributed by atoms with E-state index in [1.165, 1.54) is 24.7 Å². The molecule has 0 saturated heterocycles. The van der Waals surface area contributed by atoms with Gasteiger partial charge in [0.15, 0.2) is 5.76 Å². The van der Waals surface area contributed by atoms with Gasteiger partial charge in [-0.3, -0.25) is 0 Å². The molecule has 4 rings (SSSR count). The fourth-order valence-electron chi connectivity index (χ4n) is 3.17. The fraction of sp³-hybridized carbons (Fsp3) is 0.263. The van der Waals surface area contributed by atoms with E-state index in [2.05, 4.69) is 15.1 Å². The molecule has 0 bridgehead atoms. The van der Waals surface area contributed by atoms with Gasteiger partial charge < -0.3 is 14.2 Å². The minimum absolute atomic E-state index is 0.279. The number of benzene rings is 1. The predicted octanol–water partition coefficient (Wildman–Crippen LogP) is 3.01. The highest BCUT2D eigenvalue weighted by molar-refractivity contribution is 5.94. The van der Waals surface area contributed by atoms with Crippen molar-refractivity contribution in [2.75, 3.05) is 18.1 Å². The van der Waals surface area contributed by atoms with E-state index in [-0.39, 0.29) is 12.4 Å². The Morgan fingerprint density at radius 3 is 2.93 bits per heavy atom. The standard InChI is InChI=1S/C19H17FN4O3/c1-2-26-19(25)15-9-21-11-22-18(15)24-8-7-14-16(10-24)23-27-17(14)12-3-5-13(20)6-4-12/h3-6,9,11H,2,7-8,10H2,1H3. The second-order valence-corrected chi connectivity index (χ2v) is 6.10. The van der Waals surface area contributed by atoms with Gasteiger partial charge in [0, 0.05) is 23.9 Å². The molecule has 7 nitrogen and oxygen atoms in total. The third-order valence-corrected chi connectivity index (χ3v) is 4.43. The van der Waals surface area contributed by atoms with Crippen LogP contribution in [0.1, 0.15) is 28.5 Å². The Bertz CT molecular complexity index is 971. The Morgan fingerprint density at radius 2 is 2.15 bits per heavy atom. The maximum Gasteiger partial charge on any atom is 0.343 e. The zero-order valence-electron chi connectivity index (χ0n) is 14.7. The predicted molar refractivity (Wildman–Crippen MR) is 94.6 cm³/mol. The van der Waals surface area contributed by atoms with Crippen LogP contribution in [0.15, 0.2) is 41.3 Å². The first-order valence-electron chi connectivity index (χ1n) is 8.62. The van der Waals surface area contributed by atoms with Gasteiger partial charge in [0.1, 0.15) is 29.2 Å². The van der Waals surface area contributed by atoms with Crippen LogP contribution in [0.5, 0.6) is 0 Å². The topological polar surface area (TPSA) is 81.4 Å². The van der Waals surface area contributed by atoms with Crippen molar-refractivity contribution in [2.24, 2.45) is 0 Å². The number of rotatable bonds is 4. The molecule has 1 aliphatic rings. The van der Waals surface area contributed by atoms with Crippen LogP contribution in [0.4, 0.5) is 10.2 Å². The van der Waals surface area contributed by atoms with Crippen molar-refractivity contribution in [3.8, 4) is 11.3 Å². The number of fused-ring (bicyclic) bond motifs is 1. The smallest absolute Gasteiger partial charge is 0.343 e. The summed E-state index contributed by atoms with van der Waals surface area (Å²) in [6.45, 7) is 3.11. The van der Waals surface area contributed by atoms with Crippen molar-refractivity contribution in [3.63, 3.8) is 0 Å². The van der Waals surface area contributed by atoms with Gasteiger partial charge in [-0.1, -0.05) is 5.16 Å². The minimum Gasteiger partial charge on any atom is -0.462 e. The van der Waals surface area contributed by atoms with Gasteiger partial charge in [-0.25, -0.2) is 19.2 Å². The van der Waals surface area contributed by atoms with Crippen molar-refractivity contribution >= 4 is 11.8 Å². The lowest BCUT2D eigenvalue weighted by molar-refractivity contribution is 0.0526. The van der Waals surface area contributed by atoms with Crippen LogP contribution in [-0.2, 0) is 17.7 Å². The Labute approximate surface area is 154 Å². The Kier molecular flexibility index (Phi) is 4.53. The Morgan fingerprint density at radius 1 is 1.33 bits per heavy atom. The van der Waals surface area contributed by atoms with Gasteiger partial charge in [0.2, 0.25) is 0 Å². The Balaban J connectivity index is 1.62. The number of halogens is 1. The average Bonchev–Trinajstić information content (AvgIpc) is 3.12. The number of anilines is 1. The first-order valence-corrected chi connectivity index (χ1v) is 8.62. The summed E-state index contributed by atoms with van der Waals surface area (Å²) in [7, 11) is 0. The molecule has 3 heterocycles. The van der Waals surface area contributed by atoms with Crippen LogP contribution in [0, 0.1) is 5.82 Å². The normalized spacial score (nSPS) is 13.3. The number of aromatic nitrogens is 3. The minimum atomic E-state index is -0.453. The summed E-state index contributed by atoms with van der Waals surface area (Å²) < 4.78 is 23.8. The van der Waals surface area contributed by atoms with Crippen LogP contribution in [0.2, 0.25) is 0 Å². The van der Waals surface area contributed by atoms with Gasteiger partial charge in [-0.05, 0) is 37.6 Å². The zero-order valence-corrected chi connectivity index (χ0v) is 14.7. The van der Waals surface area contributed by atoms with Crippen LogP contribution in [0.25, 0.3) is 11.3 Å². The van der Waals surface area contributed by atoms with Crippen LogP contribution in [-0.4, -0.2) is 34.2 Å². The first-order chi connectivity index (χ1) is 13.2. The van der Waals surface area contributed by atoms with E-state index in [4.69, 9.17) is 9.26 Å². The highest BCUT2D eigenvalue weighted by Crippen LogP contribution is 2.32. The van der Waals surface area contributed by atoms with Crippen molar-refractivity contribution in [3.05, 3.63) is 59.4 Å². The van der Waals surface area contributed by atoms with Crippen molar-refractivity contribution in [2.45, 2.75) is 19.9 Å². The molecule has 0 fully saturated rings. The maximum atomic E-state index is 13.2. The van der Waals surface area contributed by atoms with Gasteiger partial charge in [-0.2, -0.15) is 0 Å². The summed E-state index contributed by atoms with van der Waals surface area (Å²) in [5.41, 5.74) is 2.87. The van der Waals surface area contributed by atoms with Crippen LogP contribution >= 0.6 is 0 Å². The van der Waals surface area contributed by atoms with Crippen molar-refractivity contribution < 1.29 is 18.4 Å². The number of nitrogens with zero attached hydrogens (tertiary/aromatic N) is 4. The molecular formula is C19H17FN4O3. The lowest BCUT2D eigenvalue weighted by Gasteiger charge is -2.28. The van der Waals surface area contributed by atoms with E-state index in [1.54, 1.807) is 19.1 Å². The van der Waals surface area contributed by atoms with Gasteiger partial charge in [0.05, 0.1) is 13.2 Å². The van der Waals surface area contributed by atoms with Crippen molar-refractivity contribution in [1.82, 2.24) is 15.1 Å². The lowest BCUT2D eigenvalue weighted by atomic mass is 10.0. The molecule has 2 aromatic heterocycles. The third kappa shape index (κ3) is 3.25. The van der Waals surface area contributed by atoms with Gasteiger partial charge in [0.25, 0.3) is 0 Å². The zero-order chi connectivity index (χ0) is 18.8. The molecule has 27 heavy (non-hydrogen) atoms. The van der Waals surface area contributed by atoms with Crippen molar-refractivity contribution in [1.29, 1.82) is 0 Å². The number of esters is 1. The molecule has 138 valence electrons. The highest BCUT2D eigenvalue weighted by atomic mass is 19.1. The second kappa shape index (κ2) is 7.14. The third-order valence-electron chi connectivity index (χ3n) is 4.43. The van der Waals surface area contributed by atoms with Crippen LogP contribution in [0.3, 0.4) is 0 Å². The molecule has 0 atom stereocenters. The average molecular weight is 368 g/mol. The molecule has 1 aliphatic heterocycles. The molecule has 0 amide bonds. The monoisotopic (exact) mass is 368 g/mol. The largest absolute Gasteiger partial charge is 0.462 e. The summed E-state index contributed by atoms with van der Waals surface area (Å²) in [4.78, 5) is 22.3. The van der Waals surface area contributed by atoms with Crippen LogP contribution < -0.4 is 4.90 Å². The molecule has 0 saturated carbocycles. The molecule has 0 aliphatic carbocycles. The van der Waals surface area contributed by atoms with E-state index in [0.717, 1.165) is 16.8 Å². The van der Waals surface area contributed by atoms with E-state index in [0.29, 0.717) is 36.7 Å². The summed E-state index contributed by atoms with van der Waals surface area (Å²) in [5, 5.41) is 4.17. The maximum absolute atomic E-state index is 13.2. The molecule has 0 spiro atoms. The summed E-state index contributed by atoms with van der Waals surface area (Å²) in [6, 6.07) is 6.13. The van der Waals surface area contributed by atoms with E-state index < -0.39 is 5.97 Å². The molecule has 3 aromatic rings. The molecule has 0 radical (unpaired) electrons. The van der Waals surface area contributed by atoms with E-state index in [9.17, 15) is 9.18 Å². The molecule has 0 unspecified atom stereocenters. The molecule has 8 heteroatoms. The highest BCUT2D eigenvalue weighted by Gasteiger charge is 2.28. The SMILES string of the molecule is CCOC(=O)c1cncnc1N1CCc2c(noc2-c2ccc(F)cc2)C1. The number of hydrogen-bond acceptors (Lipinski definition) is 7. The second-order valence-electron chi connectivity index (χ2n) is 6.10. The lowest BCUT2D eigenvalue weighted by Crippen LogP contribution is -2.32. The number of carbonyl (C=O) groups is 1. The number of ether oxygens (including phenoxy) is 1. The summed E-state index contributed by atoms with van der Waals surface area (Å²) >= 11 is 0. The van der Waals surface area contributed by atoms with E-state index in [1.807, 2.05) is 4.90 Å². The number of carbonyl (C=O) groups excluding carboxylic acids is 1. The van der Waals surface area contributed by atoms with Gasteiger partial charge >= 0.3 is 5.97 Å². The number of hydrogen-bond donors (Lipinski definition) is 0. The Hall–Kier alpha value is -3.29. The summed E-state index contributed by atoms with van der Waals surface area (Å²) in [6.07, 6.45) is 3.53. The van der Waals surface area contributed by atoms with Gasteiger partial charge in [-0.15, -0.1) is 0 Å². The summed E-state index contributed by atoms with van der Waals surface area (Å²) in [5.74, 6) is 0.415. The quantitative estimate of drug-likeness (QED) is 0.655. The molecule has 1 aromatic carbocycles.